The molecule has 1 aliphatic heterocycles. The molecule has 1 fully saturated rings. The van der Waals surface area contributed by atoms with Crippen molar-refractivity contribution < 1.29 is 13.2 Å². The van der Waals surface area contributed by atoms with Crippen molar-refractivity contribution in [2.75, 3.05) is 13.1 Å². The number of aryl methyl sites for hydroxylation is 1. The van der Waals surface area contributed by atoms with E-state index in [1.54, 1.807) is 18.2 Å². The molecule has 0 radical (unpaired) electrons. The molecule has 0 bridgehead atoms. The van der Waals surface area contributed by atoms with Crippen LogP contribution in [0.3, 0.4) is 0 Å². The van der Waals surface area contributed by atoms with Gasteiger partial charge >= 0.3 is 0 Å². The van der Waals surface area contributed by atoms with Crippen molar-refractivity contribution in [2.45, 2.75) is 30.8 Å². The number of thiazole rings is 1. The van der Waals surface area contributed by atoms with Crippen LogP contribution < -0.4 is 4.74 Å². The molecule has 0 N–H and O–H groups in total. The molecule has 4 rings (SSSR count). The van der Waals surface area contributed by atoms with Gasteiger partial charge < -0.3 is 4.74 Å². The summed E-state index contributed by atoms with van der Waals surface area (Å²) in [5.74, 6) is 0. The molecular formula is C19H19ClN2O3S2. The number of sulfonamides is 1. The molecule has 3 aromatic rings. The number of nitrogens with zero attached hydrogens (tertiary/aromatic N) is 2. The van der Waals surface area contributed by atoms with Crippen molar-refractivity contribution in [3.05, 3.63) is 53.1 Å². The normalized spacial score (nSPS) is 16.7. The highest BCUT2D eigenvalue weighted by atomic mass is 35.5. The Morgan fingerprint density at radius 2 is 1.93 bits per heavy atom. The largest absolute Gasteiger partial charge is 0.467 e. The van der Waals surface area contributed by atoms with E-state index in [9.17, 15) is 8.42 Å². The van der Waals surface area contributed by atoms with E-state index in [1.165, 1.54) is 21.7 Å². The molecule has 2 aromatic carbocycles. The van der Waals surface area contributed by atoms with Gasteiger partial charge in [-0.3, -0.25) is 0 Å². The fraction of sp³-hybridized carbons (Fsp3) is 0.316. The molecule has 0 spiro atoms. The van der Waals surface area contributed by atoms with Gasteiger partial charge in [-0.1, -0.05) is 41.1 Å². The molecule has 0 aliphatic carbocycles. The van der Waals surface area contributed by atoms with E-state index in [0.29, 0.717) is 36.1 Å². The quantitative estimate of drug-likeness (QED) is 0.621. The average molecular weight is 423 g/mol. The number of benzene rings is 2. The van der Waals surface area contributed by atoms with Gasteiger partial charge in [0.1, 0.15) is 6.10 Å². The van der Waals surface area contributed by atoms with Gasteiger partial charge in [-0.25, -0.2) is 13.4 Å². The van der Waals surface area contributed by atoms with Gasteiger partial charge in [-0.2, -0.15) is 4.31 Å². The van der Waals surface area contributed by atoms with E-state index in [4.69, 9.17) is 16.3 Å². The molecule has 142 valence electrons. The maximum Gasteiger partial charge on any atom is 0.274 e. The van der Waals surface area contributed by atoms with E-state index in [0.717, 1.165) is 15.8 Å². The molecule has 5 nitrogen and oxygen atoms in total. The van der Waals surface area contributed by atoms with Gasteiger partial charge in [0.05, 0.1) is 15.1 Å². The molecule has 0 amide bonds. The van der Waals surface area contributed by atoms with Crippen LogP contribution in [0.5, 0.6) is 5.19 Å². The zero-order chi connectivity index (χ0) is 19.0. The third kappa shape index (κ3) is 3.82. The van der Waals surface area contributed by atoms with Gasteiger partial charge in [0, 0.05) is 18.1 Å². The second-order valence-corrected chi connectivity index (χ2v) is 9.95. The first-order valence-corrected chi connectivity index (χ1v) is 11.4. The fourth-order valence-electron chi connectivity index (χ4n) is 3.23. The third-order valence-electron chi connectivity index (χ3n) is 4.70. The molecule has 1 saturated heterocycles. The summed E-state index contributed by atoms with van der Waals surface area (Å²) in [4.78, 5) is 4.81. The Hall–Kier alpha value is -1.67. The zero-order valence-electron chi connectivity index (χ0n) is 14.8. The molecule has 1 aromatic heterocycles. The predicted molar refractivity (Wildman–Crippen MR) is 108 cm³/mol. The van der Waals surface area contributed by atoms with E-state index in [-0.39, 0.29) is 11.0 Å². The molecule has 8 heteroatoms. The highest BCUT2D eigenvalue weighted by molar-refractivity contribution is 7.89. The lowest BCUT2D eigenvalue weighted by atomic mass is 10.1. The summed E-state index contributed by atoms with van der Waals surface area (Å²) in [6.45, 7) is 2.87. The van der Waals surface area contributed by atoms with Gasteiger partial charge in [0.25, 0.3) is 5.19 Å². The number of halogens is 1. The lowest BCUT2D eigenvalue weighted by Crippen LogP contribution is -2.41. The maximum absolute atomic E-state index is 12.8. The molecule has 0 unspecified atom stereocenters. The van der Waals surface area contributed by atoms with Crippen molar-refractivity contribution in [3.8, 4) is 5.19 Å². The smallest absolute Gasteiger partial charge is 0.274 e. The lowest BCUT2D eigenvalue weighted by molar-refractivity contribution is 0.135. The molecule has 27 heavy (non-hydrogen) atoms. The highest BCUT2D eigenvalue weighted by Crippen LogP contribution is 2.32. The minimum Gasteiger partial charge on any atom is -0.467 e. The summed E-state index contributed by atoms with van der Waals surface area (Å²) in [6.07, 6.45) is 1.24. The summed E-state index contributed by atoms with van der Waals surface area (Å²) in [7, 11) is -3.53. The second-order valence-electron chi connectivity index (χ2n) is 6.58. The molecule has 2 heterocycles. The van der Waals surface area contributed by atoms with Crippen molar-refractivity contribution in [1.29, 1.82) is 0 Å². The molecule has 0 saturated carbocycles. The summed E-state index contributed by atoms with van der Waals surface area (Å²) in [5, 5.41) is 1.07. The summed E-state index contributed by atoms with van der Waals surface area (Å²) in [6, 6.07) is 12.5. The predicted octanol–water partition coefficient (Wildman–Crippen LogP) is 4.49. The van der Waals surface area contributed by atoms with E-state index >= 15 is 0 Å². The molecule has 1 aliphatic rings. The first-order valence-electron chi connectivity index (χ1n) is 8.72. The first kappa shape index (κ1) is 18.7. The number of ether oxygens (including phenoxy) is 1. The average Bonchev–Trinajstić information content (AvgIpc) is 3.06. The Kier molecular flexibility index (Phi) is 5.11. The number of para-hydroxylation sites is 1. The summed E-state index contributed by atoms with van der Waals surface area (Å²) >= 11 is 7.47. The van der Waals surface area contributed by atoms with Crippen LogP contribution in [-0.2, 0) is 10.0 Å². The number of aromatic nitrogens is 1. The summed E-state index contributed by atoms with van der Waals surface area (Å²) < 4.78 is 34.2. The van der Waals surface area contributed by atoms with Crippen LogP contribution in [0.1, 0.15) is 18.4 Å². The minimum absolute atomic E-state index is 0.0309. The summed E-state index contributed by atoms with van der Waals surface area (Å²) in [5.41, 5.74) is 2.10. The van der Waals surface area contributed by atoms with E-state index < -0.39 is 10.0 Å². The second kappa shape index (κ2) is 7.39. The Morgan fingerprint density at radius 1 is 1.19 bits per heavy atom. The monoisotopic (exact) mass is 422 g/mol. The van der Waals surface area contributed by atoms with Crippen LogP contribution in [0.4, 0.5) is 0 Å². The van der Waals surface area contributed by atoms with E-state index in [1.807, 2.05) is 25.1 Å². The van der Waals surface area contributed by atoms with Gasteiger partial charge in [0.2, 0.25) is 10.0 Å². The fourth-order valence-corrected chi connectivity index (χ4v) is 5.96. The first-order chi connectivity index (χ1) is 12.9. The highest BCUT2D eigenvalue weighted by Gasteiger charge is 2.30. The maximum atomic E-state index is 12.8. The number of piperidine rings is 1. The lowest BCUT2D eigenvalue weighted by Gasteiger charge is -2.30. The molecular weight excluding hydrogens is 404 g/mol. The van der Waals surface area contributed by atoms with Crippen molar-refractivity contribution in [1.82, 2.24) is 9.29 Å². The van der Waals surface area contributed by atoms with Crippen molar-refractivity contribution in [3.63, 3.8) is 0 Å². The van der Waals surface area contributed by atoms with Crippen molar-refractivity contribution >= 4 is 43.2 Å². The van der Waals surface area contributed by atoms with Gasteiger partial charge in [0.15, 0.2) is 0 Å². The van der Waals surface area contributed by atoms with Gasteiger partial charge in [-0.05, 0) is 49.6 Å². The van der Waals surface area contributed by atoms with Crippen LogP contribution >= 0.6 is 22.9 Å². The van der Waals surface area contributed by atoms with E-state index in [2.05, 4.69) is 4.98 Å². The third-order valence-corrected chi connectivity index (χ3v) is 7.74. The van der Waals surface area contributed by atoms with Crippen molar-refractivity contribution in [2.24, 2.45) is 0 Å². The Balaban J connectivity index is 1.43. The number of fused-ring (bicyclic) bond motifs is 1. The van der Waals surface area contributed by atoms with Crippen LogP contribution in [0, 0.1) is 6.92 Å². The number of hydrogen-bond acceptors (Lipinski definition) is 5. The van der Waals surface area contributed by atoms with Crippen LogP contribution in [0.25, 0.3) is 10.2 Å². The Labute approximate surface area is 167 Å². The van der Waals surface area contributed by atoms with Crippen LogP contribution in [0.15, 0.2) is 47.4 Å². The standard InChI is InChI=1S/C19H19ClN2O3S2/c1-13-4-2-7-17-18(13)21-19(26-17)25-15-8-10-22(11-9-15)27(23,24)16-6-3-5-14(20)12-16/h2-7,12,15H,8-11H2,1H3. The molecule has 0 atom stereocenters. The number of rotatable bonds is 4. The topological polar surface area (TPSA) is 59.5 Å². The van der Waals surface area contributed by atoms with Crippen LogP contribution in [0.2, 0.25) is 5.02 Å². The van der Waals surface area contributed by atoms with Gasteiger partial charge in [-0.15, -0.1) is 0 Å². The Morgan fingerprint density at radius 3 is 2.63 bits per heavy atom. The van der Waals surface area contributed by atoms with Crippen LogP contribution in [-0.4, -0.2) is 36.9 Å². The minimum atomic E-state index is -3.53. The Bertz CT molecular complexity index is 1070. The zero-order valence-corrected chi connectivity index (χ0v) is 17.1. The SMILES string of the molecule is Cc1cccc2sc(OC3CCN(S(=O)(=O)c4cccc(Cl)c4)CC3)nc12. The number of hydrogen-bond donors (Lipinski definition) is 0.